The molecule has 0 saturated carbocycles. The summed E-state index contributed by atoms with van der Waals surface area (Å²) < 4.78 is 5.18. The average Bonchev–Trinajstić information content (AvgIpc) is 2.70. The first-order chi connectivity index (χ1) is 7.66. The van der Waals surface area contributed by atoms with Crippen molar-refractivity contribution in [3.05, 3.63) is 28.8 Å². The van der Waals surface area contributed by atoms with Crippen molar-refractivity contribution in [2.45, 2.75) is 12.5 Å². The molecule has 1 fully saturated rings. The Morgan fingerprint density at radius 1 is 1.56 bits per heavy atom. The number of amides is 1. The smallest absolute Gasteiger partial charge is 0.253 e. The van der Waals surface area contributed by atoms with Crippen LogP contribution < -0.4 is 11.1 Å². The first-order valence-corrected chi connectivity index (χ1v) is 5.48. The molecule has 1 atom stereocenters. The average molecular weight is 241 g/mol. The van der Waals surface area contributed by atoms with Crippen molar-refractivity contribution in [1.29, 1.82) is 0 Å². The van der Waals surface area contributed by atoms with Crippen LogP contribution in [0.15, 0.2) is 18.2 Å². The molecule has 0 aromatic heterocycles. The van der Waals surface area contributed by atoms with Crippen molar-refractivity contribution in [3.63, 3.8) is 0 Å². The summed E-state index contributed by atoms with van der Waals surface area (Å²) in [7, 11) is 0. The predicted molar refractivity (Wildman–Crippen MR) is 62.6 cm³/mol. The summed E-state index contributed by atoms with van der Waals surface area (Å²) in [6.07, 6.45) is 0.846. The van der Waals surface area contributed by atoms with Crippen molar-refractivity contribution in [2.24, 2.45) is 0 Å². The number of nitrogens with two attached hydrogens (primary N) is 1. The molecule has 1 unspecified atom stereocenters. The van der Waals surface area contributed by atoms with Crippen LogP contribution in [0.3, 0.4) is 0 Å². The normalized spacial score (nSPS) is 19.7. The molecule has 1 aliphatic rings. The molecule has 1 aromatic carbocycles. The third-order valence-corrected chi connectivity index (χ3v) is 2.82. The Bertz CT molecular complexity index is 403. The van der Waals surface area contributed by atoms with Gasteiger partial charge in [0.1, 0.15) is 0 Å². The lowest BCUT2D eigenvalue weighted by Gasteiger charge is -2.11. The maximum Gasteiger partial charge on any atom is 0.253 e. The van der Waals surface area contributed by atoms with E-state index in [2.05, 4.69) is 5.32 Å². The zero-order valence-electron chi connectivity index (χ0n) is 8.70. The quantitative estimate of drug-likeness (QED) is 0.769. The predicted octanol–water partition coefficient (Wildman–Crippen LogP) is 1.44. The third-order valence-electron chi connectivity index (χ3n) is 2.50. The van der Waals surface area contributed by atoms with Crippen molar-refractivity contribution in [3.8, 4) is 0 Å². The molecule has 1 saturated heterocycles. The van der Waals surface area contributed by atoms with E-state index in [1.165, 1.54) is 0 Å². The molecule has 0 spiro atoms. The van der Waals surface area contributed by atoms with Crippen LogP contribution >= 0.6 is 11.6 Å². The Balaban J connectivity index is 2.08. The van der Waals surface area contributed by atoms with E-state index in [0.717, 1.165) is 6.42 Å². The van der Waals surface area contributed by atoms with Gasteiger partial charge in [-0.2, -0.15) is 0 Å². The molecule has 4 nitrogen and oxygen atoms in total. The monoisotopic (exact) mass is 240 g/mol. The summed E-state index contributed by atoms with van der Waals surface area (Å²) in [5.41, 5.74) is 6.55. The van der Waals surface area contributed by atoms with Crippen LogP contribution in [0.4, 0.5) is 5.69 Å². The largest absolute Gasteiger partial charge is 0.399 e. The molecular weight excluding hydrogens is 228 g/mol. The molecule has 1 amide bonds. The summed E-state index contributed by atoms with van der Waals surface area (Å²) in [4.78, 5) is 11.8. The Morgan fingerprint density at radius 2 is 2.38 bits per heavy atom. The highest BCUT2D eigenvalue weighted by molar-refractivity contribution is 6.34. The van der Waals surface area contributed by atoms with Gasteiger partial charge in [0.2, 0.25) is 0 Å². The number of halogens is 1. The maximum atomic E-state index is 11.8. The number of hydrogen-bond acceptors (Lipinski definition) is 3. The highest BCUT2D eigenvalue weighted by Gasteiger charge is 2.19. The van der Waals surface area contributed by atoms with E-state index >= 15 is 0 Å². The van der Waals surface area contributed by atoms with Crippen LogP contribution in [-0.4, -0.2) is 25.2 Å². The summed E-state index contributed by atoms with van der Waals surface area (Å²) in [6.45, 7) is 1.26. The highest BCUT2D eigenvalue weighted by Crippen LogP contribution is 2.19. The van der Waals surface area contributed by atoms with E-state index in [1.807, 2.05) is 0 Å². The lowest BCUT2D eigenvalue weighted by Crippen LogP contribution is -2.35. The van der Waals surface area contributed by atoms with Crippen molar-refractivity contribution < 1.29 is 9.53 Å². The first-order valence-electron chi connectivity index (χ1n) is 5.10. The van der Waals surface area contributed by atoms with Crippen molar-refractivity contribution in [1.82, 2.24) is 5.32 Å². The van der Waals surface area contributed by atoms with Gasteiger partial charge in [-0.05, 0) is 24.6 Å². The SMILES string of the molecule is Nc1ccc(C(=O)NC2CCOC2)c(Cl)c1. The van der Waals surface area contributed by atoms with Crippen LogP contribution in [0.2, 0.25) is 5.02 Å². The van der Waals surface area contributed by atoms with Crippen molar-refractivity contribution >= 4 is 23.2 Å². The minimum absolute atomic E-state index is 0.0844. The van der Waals surface area contributed by atoms with Gasteiger partial charge in [-0.1, -0.05) is 11.6 Å². The zero-order valence-corrected chi connectivity index (χ0v) is 9.46. The molecule has 1 heterocycles. The van der Waals surface area contributed by atoms with E-state index in [9.17, 15) is 4.79 Å². The lowest BCUT2D eigenvalue weighted by atomic mass is 10.1. The van der Waals surface area contributed by atoms with Gasteiger partial charge in [-0.15, -0.1) is 0 Å². The van der Waals surface area contributed by atoms with Gasteiger partial charge in [-0.25, -0.2) is 0 Å². The molecule has 1 aliphatic heterocycles. The Morgan fingerprint density at radius 3 is 3.00 bits per heavy atom. The Labute approximate surface area is 98.7 Å². The molecule has 1 aromatic rings. The molecule has 3 N–H and O–H groups in total. The zero-order chi connectivity index (χ0) is 11.5. The molecule has 5 heteroatoms. The molecule has 2 rings (SSSR count). The number of ether oxygens (including phenoxy) is 1. The van der Waals surface area contributed by atoms with Crippen molar-refractivity contribution in [2.75, 3.05) is 18.9 Å². The van der Waals surface area contributed by atoms with Gasteiger partial charge >= 0.3 is 0 Å². The fourth-order valence-electron chi connectivity index (χ4n) is 1.63. The Hall–Kier alpha value is -1.26. The van der Waals surface area contributed by atoms with Gasteiger partial charge in [0.15, 0.2) is 0 Å². The standard InChI is InChI=1S/C11H13ClN2O2/c12-10-5-7(13)1-2-9(10)11(15)14-8-3-4-16-6-8/h1-2,5,8H,3-4,6,13H2,(H,14,15). The lowest BCUT2D eigenvalue weighted by molar-refractivity contribution is 0.0930. The molecule has 86 valence electrons. The third kappa shape index (κ3) is 2.46. The summed E-state index contributed by atoms with van der Waals surface area (Å²) in [5.74, 6) is -0.180. The minimum atomic E-state index is -0.180. The van der Waals surface area contributed by atoms with Gasteiger partial charge in [0.05, 0.1) is 23.2 Å². The van der Waals surface area contributed by atoms with E-state index in [1.54, 1.807) is 18.2 Å². The fourth-order valence-corrected chi connectivity index (χ4v) is 1.90. The minimum Gasteiger partial charge on any atom is -0.399 e. The topological polar surface area (TPSA) is 64.4 Å². The van der Waals surface area contributed by atoms with E-state index in [4.69, 9.17) is 22.1 Å². The van der Waals surface area contributed by atoms with Crippen LogP contribution in [0.1, 0.15) is 16.8 Å². The van der Waals surface area contributed by atoms with Gasteiger partial charge in [-0.3, -0.25) is 4.79 Å². The second-order valence-electron chi connectivity index (χ2n) is 3.77. The maximum absolute atomic E-state index is 11.8. The van der Waals surface area contributed by atoms with E-state index in [-0.39, 0.29) is 11.9 Å². The molecule has 16 heavy (non-hydrogen) atoms. The number of carbonyl (C=O) groups is 1. The van der Waals surface area contributed by atoms with Gasteiger partial charge < -0.3 is 15.8 Å². The van der Waals surface area contributed by atoms with Gasteiger partial charge in [0, 0.05) is 12.3 Å². The molecular formula is C11H13ClN2O2. The first kappa shape index (κ1) is 11.2. The Kier molecular flexibility index (Phi) is 3.31. The highest BCUT2D eigenvalue weighted by atomic mass is 35.5. The second-order valence-corrected chi connectivity index (χ2v) is 4.18. The van der Waals surface area contributed by atoms with E-state index in [0.29, 0.717) is 29.5 Å². The summed E-state index contributed by atoms with van der Waals surface area (Å²) in [6, 6.07) is 4.94. The van der Waals surface area contributed by atoms with Gasteiger partial charge in [0.25, 0.3) is 5.91 Å². The molecule has 0 aliphatic carbocycles. The fraction of sp³-hybridized carbons (Fsp3) is 0.364. The second kappa shape index (κ2) is 4.72. The number of benzene rings is 1. The number of carbonyl (C=O) groups excluding carboxylic acids is 1. The summed E-state index contributed by atoms with van der Waals surface area (Å²) >= 11 is 5.94. The molecule has 0 bridgehead atoms. The van der Waals surface area contributed by atoms with Crippen LogP contribution in [0.25, 0.3) is 0 Å². The van der Waals surface area contributed by atoms with Crippen LogP contribution in [0.5, 0.6) is 0 Å². The van der Waals surface area contributed by atoms with E-state index < -0.39 is 0 Å². The van der Waals surface area contributed by atoms with Crippen LogP contribution in [0, 0.1) is 0 Å². The number of rotatable bonds is 2. The van der Waals surface area contributed by atoms with Crippen LogP contribution in [-0.2, 0) is 4.74 Å². The number of nitrogens with one attached hydrogen (secondary N) is 1. The number of anilines is 1. The summed E-state index contributed by atoms with van der Waals surface area (Å²) in [5, 5.41) is 3.24. The number of hydrogen-bond donors (Lipinski definition) is 2. The molecule has 0 radical (unpaired) electrons. The number of nitrogen functional groups attached to an aromatic ring is 1.